The predicted molar refractivity (Wildman–Crippen MR) is 182 cm³/mol. The van der Waals surface area contributed by atoms with Crippen molar-refractivity contribution in [3.05, 3.63) is 99.8 Å². The highest BCUT2D eigenvalue weighted by molar-refractivity contribution is 6.30. The van der Waals surface area contributed by atoms with Gasteiger partial charge in [0, 0.05) is 60.5 Å². The van der Waals surface area contributed by atoms with Crippen molar-refractivity contribution in [2.45, 2.75) is 91.0 Å². The number of unbranched alkanes of at least 4 members (excludes halogenated alkanes) is 1. The molecule has 0 saturated carbocycles. The molecule has 1 aromatic heterocycles. The van der Waals surface area contributed by atoms with Gasteiger partial charge < -0.3 is 19.6 Å². The zero-order valence-corrected chi connectivity index (χ0v) is 28.0. The lowest BCUT2D eigenvalue weighted by Crippen LogP contribution is -2.44. The van der Waals surface area contributed by atoms with E-state index >= 15 is 0 Å². The molecule has 240 valence electrons. The van der Waals surface area contributed by atoms with Crippen molar-refractivity contribution in [1.29, 1.82) is 0 Å². The Morgan fingerprint density at radius 3 is 2.71 bits per heavy atom. The van der Waals surface area contributed by atoms with Crippen LogP contribution >= 0.6 is 11.6 Å². The zero-order valence-electron chi connectivity index (χ0n) is 27.3. The van der Waals surface area contributed by atoms with Gasteiger partial charge in [0.2, 0.25) is 5.91 Å². The van der Waals surface area contributed by atoms with Gasteiger partial charge in [-0.05, 0) is 86.6 Å². The fourth-order valence-corrected chi connectivity index (χ4v) is 6.70. The summed E-state index contributed by atoms with van der Waals surface area (Å²) in [5, 5.41) is 11.5. The van der Waals surface area contributed by atoms with Crippen molar-refractivity contribution >= 4 is 23.1 Å². The van der Waals surface area contributed by atoms with Crippen molar-refractivity contribution in [2.24, 2.45) is 5.92 Å². The molecule has 2 aliphatic heterocycles. The monoisotopic (exact) mass is 629 g/mol. The molecule has 1 amide bonds. The van der Waals surface area contributed by atoms with E-state index in [0.717, 1.165) is 97.4 Å². The van der Waals surface area contributed by atoms with Gasteiger partial charge in [-0.2, -0.15) is 0 Å². The average Bonchev–Trinajstić information content (AvgIpc) is 3.44. The van der Waals surface area contributed by atoms with Gasteiger partial charge in [-0.15, -0.1) is 0 Å². The van der Waals surface area contributed by atoms with E-state index in [9.17, 15) is 9.90 Å². The fraction of sp³-hybridized carbons (Fsp3) is 0.474. The third kappa shape index (κ3) is 8.16. The molecule has 0 radical (unpaired) electrons. The summed E-state index contributed by atoms with van der Waals surface area (Å²) >= 11 is 6.17. The van der Waals surface area contributed by atoms with Crippen LogP contribution in [0, 0.1) is 5.92 Å². The molecule has 5 rings (SSSR count). The Hall–Kier alpha value is -3.19. The molecular weight excluding hydrogens is 582 g/mol. The third-order valence-corrected chi connectivity index (χ3v) is 9.55. The number of fused-ring (bicyclic) bond motifs is 2. The van der Waals surface area contributed by atoms with Gasteiger partial charge in [0.1, 0.15) is 12.4 Å². The molecule has 1 N–H and O–H groups in total. The number of hydrogen-bond donors (Lipinski definition) is 1. The molecule has 0 bridgehead atoms. The van der Waals surface area contributed by atoms with Crippen molar-refractivity contribution in [3.63, 3.8) is 0 Å². The van der Waals surface area contributed by atoms with Crippen LogP contribution in [0.15, 0.2) is 66.9 Å². The second kappa shape index (κ2) is 14.9. The van der Waals surface area contributed by atoms with Crippen LogP contribution in [-0.4, -0.2) is 51.5 Å². The SMILES string of the molecule is CCCCC(CC)C(=O)N(Cc1ccc(Cl)cc1)C1CCN(CCC=C2c3cc(C(C)(C)O)ccc3OCc3ncccc32)C1. The van der Waals surface area contributed by atoms with E-state index in [1.807, 2.05) is 62.5 Å². The van der Waals surface area contributed by atoms with Crippen LogP contribution in [0.25, 0.3) is 5.57 Å². The fourth-order valence-electron chi connectivity index (χ4n) is 6.58. The van der Waals surface area contributed by atoms with Crippen molar-refractivity contribution in [2.75, 3.05) is 19.6 Å². The number of likely N-dealkylation sites (tertiary alicyclic amines) is 1. The molecule has 1 saturated heterocycles. The number of amides is 1. The summed E-state index contributed by atoms with van der Waals surface area (Å²) in [7, 11) is 0. The summed E-state index contributed by atoms with van der Waals surface area (Å²) in [6.45, 7) is 11.7. The van der Waals surface area contributed by atoms with Gasteiger partial charge in [0.25, 0.3) is 0 Å². The first-order chi connectivity index (χ1) is 21.7. The number of rotatable bonds is 12. The number of carbonyl (C=O) groups excluding carboxylic acids is 1. The summed E-state index contributed by atoms with van der Waals surface area (Å²) < 4.78 is 6.18. The van der Waals surface area contributed by atoms with Crippen LogP contribution in [0.3, 0.4) is 0 Å². The Labute approximate surface area is 274 Å². The number of ether oxygens (including phenoxy) is 1. The summed E-state index contributed by atoms with van der Waals surface area (Å²) in [5.41, 5.74) is 5.06. The molecule has 2 atom stereocenters. The molecule has 3 aromatic rings. The van der Waals surface area contributed by atoms with Gasteiger partial charge in [-0.1, -0.05) is 68.6 Å². The normalized spacial score (nSPS) is 18.2. The lowest BCUT2D eigenvalue weighted by Gasteiger charge is -2.32. The number of halogens is 1. The highest BCUT2D eigenvalue weighted by Crippen LogP contribution is 2.38. The van der Waals surface area contributed by atoms with Crippen LogP contribution in [-0.2, 0) is 23.5 Å². The zero-order chi connectivity index (χ0) is 32.0. The minimum atomic E-state index is -0.961. The predicted octanol–water partition coefficient (Wildman–Crippen LogP) is 8.00. The van der Waals surface area contributed by atoms with Crippen LogP contribution in [0.5, 0.6) is 5.75 Å². The minimum Gasteiger partial charge on any atom is -0.487 e. The van der Waals surface area contributed by atoms with E-state index in [2.05, 4.69) is 46.8 Å². The Kier molecular flexibility index (Phi) is 11.0. The van der Waals surface area contributed by atoms with Crippen molar-refractivity contribution in [1.82, 2.24) is 14.8 Å². The topological polar surface area (TPSA) is 65.9 Å². The quantitative estimate of drug-likeness (QED) is 0.220. The first kappa shape index (κ1) is 33.2. The summed E-state index contributed by atoms with van der Waals surface area (Å²) in [4.78, 5) is 23.2. The highest BCUT2D eigenvalue weighted by Gasteiger charge is 2.33. The number of benzene rings is 2. The number of aliphatic hydroxyl groups is 1. The van der Waals surface area contributed by atoms with Crippen molar-refractivity contribution in [3.8, 4) is 5.75 Å². The molecular formula is C38H48ClN3O3. The highest BCUT2D eigenvalue weighted by atomic mass is 35.5. The van der Waals surface area contributed by atoms with E-state index < -0.39 is 5.60 Å². The Bertz CT molecular complexity index is 1480. The van der Waals surface area contributed by atoms with E-state index in [-0.39, 0.29) is 17.9 Å². The second-order valence-corrected chi connectivity index (χ2v) is 13.5. The van der Waals surface area contributed by atoms with Crippen LogP contribution in [0.1, 0.15) is 94.2 Å². The van der Waals surface area contributed by atoms with Crippen molar-refractivity contribution < 1.29 is 14.6 Å². The summed E-state index contributed by atoms with van der Waals surface area (Å²) in [5.74, 6) is 1.16. The number of pyridine rings is 1. The summed E-state index contributed by atoms with van der Waals surface area (Å²) in [6, 6.07) is 18.1. The first-order valence-corrected chi connectivity index (χ1v) is 17.0. The second-order valence-electron chi connectivity index (χ2n) is 13.0. The maximum Gasteiger partial charge on any atom is 0.226 e. The van der Waals surface area contributed by atoms with Gasteiger partial charge in [0.05, 0.1) is 11.3 Å². The number of nitrogens with zero attached hydrogens (tertiary/aromatic N) is 3. The molecule has 2 aliphatic rings. The molecule has 1 fully saturated rings. The van der Waals surface area contributed by atoms with Gasteiger partial charge in [-0.3, -0.25) is 9.78 Å². The molecule has 6 nitrogen and oxygen atoms in total. The van der Waals surface area contributed by atoms with Crippen LogP contribution < -0.4 is 4.74 Å². The Balaban J connectivity index is 1.34. The maximum absolute atomic E-state index is 14.0. The van der Waals surface area contributed by atoms with Crippen LogP contribution in [0.2, 0.25) is 5.02 Å². The Morgan fingerprint density at radius 1 is 1.18 bits per heavy atom. The molecule has 2 unspecified atom stereocenters. The molecule has 2 aromatic carbocycles. The largest absolute Gasteiger partial charge is 0.487 e. The molecule has 7 heteroatoms. The lowest BCUT2D eigenvalue weighted by atomic mass is 9.90. The lowest BCUT2D eigenvalue weighted by molar-refractivity contribution is -0.138. The third-order valence-electron chi connectivity index (χ3n) is 9.30. The van der Waals surface area contributed by atoms with E-state index in [1.54, 1.807) is 0 Å². The minimum absolute atomic E-state index is 0.0658. The average molecular weight is 630 g/mol. The van der Waals surface area contributed by atoms with E-state index in [0.29, 0.717) is 18.2 Å². The number of hydrogen-bond acceptors (Lipinski definition) is 5. The molecule has 0 spiro atoms. The first-order valence-electron chi connectivity index (χ1n) is 16.6. The smallest absolute Gasteiger partial charge is 0.226 e. The molecule has 0 aliphatic carbocycles. The maximum atomic E-state index is 14.0. The van der Waals surface area contributed by atoms with Crippen LogP contribution in [0.4, 0.5) is 0 Å². The van der Waals surface area contributed by atoms with Gasteiger partial charge in [0.15, 0.2) is 0 Å². The Morgan fingerprint density at radius 2 is 1.98 bits per heavy atom. The molecule has 45 heavy (non-hydrogen) atoms. The number of aromatic nitrogens is 1. The van der Waals surface area contributed by atoms with Gasteiger partial charge >= 0.3 is 0 Å². The van der Waals surface area contributed by atoms with Gasteiger partial charge in [-0.25, -0.2) is 0 Å². The standard InChI is InChI=1S/C38H48ClN3O3/c1-5-7-10-28(6-2)37(43)42(24-27-13-16-30(39)17-14-27)31-19-22-41(25-31)21-9-12-32-33-11-8-20-40-35(33)26-45-36-18-15-29(23-34(32)36)38(3,4)44/h8,11-18,20,23,28,31,44H,5-7,9-10,19,21-22,24-26H2,1-4H3. The van der Waals surface area contributed by atoms with E-state index in [1.165, 1.54) is 0 Å². The summed E-state index contributed by atoms with van der Waals surface area (Å²) in [6.07, 6.45) is 9.92. The molecule has 3 heterocycles. The number of carbonyl (C=O) groups is 1. The van der Waals surface area contributed by atoms with E-state index in [4.69, 9.17) is 16.3 Å².